The number of hydrogen-bond acceptors (Lipinski definition) is 5. The van der Waals surface area contributed by atoms with Crippen molar-refractivity contribution in [3.8, 4) is 0 Å². The van der Waals surface area contributed by atoms with Crippen molar-refractivity contribution in [2.75, 3.05) is 25.1 Å². The van der Waals surface area contributed by atoms with Crippen molar-refractivity contribution in [1.29, 1.82) is 0 Å². The molecule has 7 nitrogen and oxygen atoms in total. The van der Waals surface area contributed by atoms with E-state index >= 15 is 0 Å². The highest BCUT2D eigenvalue weighted by molar-refractivity contribution is 5.69. The number of nitro benzene ring substituents is 1. The lowest BCUT2D eigenvalue weighted by atomic mass is 10.0. The molecule has 1 amide bonds. The normalized spacial score (nSPS) is 12.8. The molecule has 0 aliphatic heterocycles. The number of unbranched alkanes of at least 4 members (excludes halogenated alkanes) is 1. The number of carbonyl (C=O) groups is 1. The number of benzene rings is 2. The van der Waals surface area contributed by atoms with Gasteiger partial charge in [-0.1, -0.05) is 19.4 Å². The fourth-order valence-corrected chi connectivity index (χ4v) is 4.66. The number of alkyl halides is 3. The van der Waals surface area contributed by atoms with Crippen LogP contribution in [0.5, 0.6) is 0 Å². The van der Waals surface area contributed by atoms with Crippen molar-refractivity contribution in [2.24, 2.45) is 0 Å². The smallest absolute Gasteiger partial charge is 0.416 e. The predicted octanol–water partition coefficient (Wildman–Crippen LogP) is 6.50. The van der Waals surface area contributed by atoms with Gasteiger partial charge in [-0.3, -0.25) is 15.0 Å². The zero-order chi connectivity index (χ0) is 26.5. The number of amides is 1. The van der Waals surface area contributed by atoms with Crippen LogP contribution in [0.2, 0.25) is 0 Å². The van der Waals surface area contributed by atoms with Gasteiger partial charge >= 0.3 is 12.3 Å². The van der Waals surface area contributed by atoms with E-state index in [1.54, 1.807) is 0 Å². The summed E-state index contributed by atoms with van der Waals surface area (Å²) in [5.41, 5.74) is 2.55. The number of halogens is 3. The van der Waals surface area contributed by atoms with E-state index in [0.717, 1.165) is 68.6 Å². The third-order valence-electron chi connectivity index (χ3n) is 6.48. The van der Waals surface area contributed by atoms with Gasteiger partial charge in [0.15, 0.2) is 0 Å². The Morgan fingerprint density at radius 3 is 2.36 bits per heavy atom. The van der Waals surface area contributed by atoms with E-state index in [2.05, 4.69) is 30.9 Å². The van der Waals surface area contributed by atoms with Gasteiger partial charge in [0.2, 0.25) is 0 Å². The lowest BCUT2D eigenvalue weighted by molar-refractivity contribution is -0.385. The molecule has 0 heterocycles. The van der Waals surface area contributed by atoms with Gasteiger partial charge in [0.25, 0.3) is 5.69 Å². The van der Waals surface area contributed by atoms with Crippen molar-refractivity contribution in [3.05, 3.63) is 68.3 Å². The lowest BCUT2D eigenvalue weighted by Crippen LogP contribution is -2.32. The first-order valence-electron chi connectivity index (χ1n) is 12.1. The van der Waals surface area contributed by atoms with Crippen LogP contribution in [0.1, 0.15) is 60.9 Å². The van der Waals surface area contributed by atoms with Crippen molar-refractivity contribution in [1.82, 2.24) is 4.90 Å². The second-order valence-corrected chi connectivity index (χ2v) is 9.01. The van der Waals surface area contributed by atoms with Crippen LogP contribution in [0.4, 0.5) is 29.3 Å². The lowest BCUT2D eigenvalue weighted by Gasteiger charge is -2.29. The first kappa shape index (κ1) is 27.3. The number of non-ortho nitro benzene ring substituents is 1. The number of anilines is 1. The van der Waals surface area contributed by atoms with E-state index in [4.69, 9.17) is 4.74 Å². The Hall–Kier alpha value is -3.30. The molecule has 36 heavy (non-hydrogen) atoms. The number of methoxy groups -OCH3 is 1. The standard InChI is InChI=1S/C26H32F3N3O4/c1-4-6-10-30(5-2)24-14-20-9-7-8-19(20)13-21(24)17-31(25(33)36-3)16-18-11-22(26(27,28)29)15-23(12-18)32(34)35/h11-15H,4-10,16-17H2,1-3H3. The Morgan fingerprint density at radius 2 is 1.78 bits per heavy atom. The molecule has 1 aliphatic rings. The van der Waals surface area contributed by atoms with Crippen LogP contribution in [-0.2, 0) is 36.8 Å². The Kier molecular flexibility index (Phi) is 8.81. The van der Waals surface area contributed by atoms with Gasteiger partial charge in [-0.25, -0.2) is 4.79 Å². The number of aryl methyl sites for hydroxylation is 2. The average Bonchev–Trinajstić information content (AvgIpc) is 3.30. The van der Waals surface area contributed by atoms with Crippen molar-refractivity contribution in [2.45, 2.75) is 65.2 Å². The monoisotopic (exact) mass is 507 g/mol. The third-order valence-corrected chi connectivity index (χ3v) is 6.48. The molecule has 0 aromatic heterocycles. The Labute approximate surface area is 209 Å². The number of hydrogen-bond donors (Lipinski definition) is 0. The van der Waals surface area contributed by atoms with Crippen LogP contribution in [0.15, 0.2) is 30.3 Å². The van der Waals surface area contributed by atoms with Crippen LogP contribution in [0.25, 0.3) is 0 Å². The van der Waals surface area contributed by atoms with Gasteiger partial charge < -0.3 is 9.64 Å². The summed E-state index contributed by atoms with van der Waals surface area (Å²) in [6, 6.07) is 6.65. The molecule has 2 aromatic carbocycles. The zero-order valence-corrected chi connectivity index (χ0v) is 20.9. The number of carbonyl (C=O) groups excluding carboxylic acids is 1. The van der Waals surface area contributed by atoms with Crippen molar-refractivity contribution in [3.63, 3.8) is 0 Å². The van der Waals surface area contributed by atoms with Crippen molar-refractivity contribution < 1.29 is 27.6 Å². The molecular weight excluding hydrogens is 475 g/mol. The molecular formula is C26H32F3N3O4. The molecule has 0 radical (unpaired) electrons. The maximum absolute atomic E-state index is 13.4. The summed E-state index contributed by atoms with van der Waals surface area (Å²) in [5.74, 6) is 0. The highest BCUT2D eigenvalue weighted by Crippen LogP contribution is 2.35. The van der Waals surface area contributed by atoms with Crippen LogP contribution in [0.3, 0.4) is 0 Å². The number of nitrogens with zero attached hydrogens (tertiary/aromatic N) is 3. The highest BCUT2D eigenvalue weighted by atomic mass is 19.4. The largest absolute Gasteiger partial charge is 0.453 e. The summed E-state index contributed by atoms with van der Waals surface area (Å²) in [7, 11) is 1.20. The topological polar surface area (TPSA) is 75.9 Å². The van der Waals surface area contributed by atoms with E-state index < -0.39 is 28.4 Å². The number of nitro groups is 1. The fourth-order valence-electron chi connectivity index (χ4n) is 4.66. The molecule has 2 aromatic rings. The molecule has 0 atom stereocenters. The van der Waals surface area contributed by atoms with Crippen LogP contribution < -0.4 is 4.90 Å². The summed E-state index contributed by atoms with van der Waals surface area (Å²) in [6.07, 6.45) is -0.486. The summed E-state index contributed by atoms with van der Waals surface area (Å²) in [5, 5.41) is 11.3. The van der Waals surface area contributed by atoms with E-state index in [1.165, 1.54) is 23.1 Å². The Balaban J connectivity index is 2.01. The molecule has 3 rings (SSSR count). The van der Waals surface area contributed by atoms with Crippen molar-refractivity contribution >= 4 is 17.5 Å². The summed E-state index contributed by atoms with van der Waals surface area (Å²) in [6.45, 7) is 5.62. The van der Waals surface area contributed by atoms with Crippen LogP contribution in [0, 0.1) is 10.1 Å². The van der Waals surface area contributed by atoms with Gasteiger partial charge in [-0.05, 0) is 67.0 Å². The molecule has 196 valence electrons. The van der Waals surface area contributed by atoms with Gasteiger partial charge in [0.1, 0.15) is 0 Å². The fraction of sp³-hybridized carbons (Fsp3) is 0.500. The van der Waals surface area contributed by atoms with Gasteiger partial charge in [0, 0.05) is 37.5 Å². The van der Waals surface area contributed by atoms with E-state index in [0.29, 0.717) is 6.07 Å². The quantitative estimate of drug-likeness (QED) is 0.271. The molecule has 0 N–H and O–H groups in total. The van der Waals surface area contributed by atoms with Gasteiger partial charge in [-0.2, -0.15) is 13.2 Å². The first-order chi connectivity index (χ1) is 17.1. The zero-order valence-electron chi connectivity index (χ0n) is 20.9. The SMILES string of the molecule is CCCCN(CC)c1cc2c(cc1CN(Cc1cc([N+](=O)[O-])cc(C(F)(F)F)c1)C(=O)OC)CCC2. The molecule has 0 fully saturated rings. The minimum absolute atomic E-state index is 0.00275. The van der Waals surface area contributed by atoms with E-state index in [-0.39, 0.29) is 18.7 Å². The third kappa shape index (κ3) is 6.47. The number of ether oxygens (including phenoxy) is 1. The second kappa shape index (κ2) is 11.6. The minimum atomic E-state index is -4.76. The average molecular weight is 508 g/mol. The Bertz CT molecular complexity index is 1100. The molecule has 10 heteroatoms. The maximum Gasteiger partial charge on any atom is 0.416 e. The molecule has 0 saturated carbocycles. The number of rotatable bonds is 10. The van der Waals surface area contributed by atoms with E-state index in [1.807, 2.05) is 0 Å². The minimum Gasteiger partial charge on any atom is -0.453 e. The molecule has 1 aliphatic carbocycles. The summed E-state index contributed by atoms with van der Waals surface area (Å²) in [4.78, 5) is 26.7. The molecule has 0 unspecified atom stereocenters. The summed E-state index contributed by atoms with van der Waals surface area (Å²) >= 11 is 0. The Morgan fingerprint density at radius 1 is 1.08 bits per heavy atom. The first-order valence-corrected chi connectivity index (χ1v) is 12.1. The second-order valence-electron chi connectivity index (χ2n) is 9.01. The number of fused-ring (bicyclic) bond motifs is 1. The predicted molar refractivity (Wildman–Crippen MR) is 131 cm³/mol. The van der Waals surface area contributed by atoms with Gasteiger partial charge in [-0.15, -0.1) is 0 Å². The molecule has 0 bridgehead atoms. The summed E-state index contributed by atoms with van der Waals surface area (Å²) < 4.78 is 45.1. The highest BCUT2D eigenvalue weighted by Gasteiger charge is 2.33. The van der Waals surface area contributed by atoms with Crippen LogP contribution in [-0.4, -0.2) is 36.1 Å². The van der Waals surface area contributed by atoms with Gasteiger partial charge in [0.05, 0.1) is 24.1 Å². The maximum atomic E-state index is 13.4. The van der Waals surface area contributed by atoms with E-state index in [9.17, 15) is 28.1 Å². The molecule has 0 spiro atoms. The van der Waals surface area contributed by atoms with Crippen LogP contribution >= 0.6 is 0 Å². The molecule has 0 saturated heterocycles.